The molecule has 3 N–H and O–H groups in total. The van der Waals surface area contributed by atoms with Crippen molar-refractivity contribution in [2.24, 2.45) is 16.8 Å². The van der Waals surface area contributed by atoms with Gasteiger partial charge in [-0.3, -0.25) is 4.79 Å². The summed E-state index contributed by atoms with van der Waals surface area (Å²) in [5.74, 6) is 1.14. The molecule has 11 nitrogen and oxygen atoms in total. The average Bonchev–Trinajstić information content (AvgIpc) is 2.79. The number of para-hydroxylation sites is 1. The largest absolute Gasteiger partial charge is 0.492 e. The number of nitrogens with one attached hydrogen (secondary N) is 1. The highest BCUT2D eigenvalue weighted by Crippen LogP contribution is 2.26. The Bertz CT molecular complexity index is 753. The number of oxime groups is 1. The average molecular weight is 466 g/mol. The van der Waals surface area contributed by atoms with Gasteiger partial charge in [-0.25, -0.2) is 4.79 Å². The van der Waals surface area contributed by atoms with Crippen LogP contribution in [0.3, 0.4) is 0 Å². The zero-order chi connectivity index (χ0) is 24.1. The zero-order valence-electron chi connectivity index (χ0n) is 19.4. The molecule has 0 atom stereocenters. The second-order valence-electron chi connectivity index (χ2n) is 7.92. The van der Waals surface area contributed by atoms with Gasteiger partial charge >= 0.3 is 6.03 Å². The van der Waals surface area contributed by atoms with E-state index in [2.05, 4.69) is 22.0 Å². The van der Waals surface area contributed by atoms with Crippen molar-refractivity contribution >= 4 is 19.2 Å². The standard InChI is InChI=1S/C20H30N4O5.C2H5NO/c1-22-20(14-28-15-25)12-24(13-20)19(26)23-8-16(9-23)10-27-11-17-4-2-3-5-18(17)29-7-6-21;1-3-4-2/h2-5,15-16,22H,6-14,21H2,1H3;1H2,2H3. The number of ether oxygens (including phenoxy) is 3. The molecule has 2 aliphatic heterocycles. The predicted octanol–water partition coefficient (Wildman–Crippen LogP) is 0.288. The van der Waals surface area contributed by atoms with E-state index in [4.69, 9.17) is 19.9 Å². The van der Waals surface area contributed by atoms with Crippen molar-refractivity contribution in [3.8, 4) is 5.75 Å². The molecule has 0 unspecified atom stereocenters. The van der Waals surface area contributed by atoms with Gasteiger partial charge in [-0.05, 0) is 13.1 Å². The predicted molar refractivity (Wildman–Crippen MR) is 123 cm³/mol. The first kappa shape index (κ1) is 26.4. The van der Waals surface area contributed by atoms with Gasteiger partial charge in [0.15, 0.2) is 0 Å². The number of carbonyl (C=O) groups excluding carboxylic acids is 2. The summed E-state index contributed by atoms with van der Waals surface area (Å²) in [7, 11) is 3.26. The fraction of sp³-hybridized carbons (Fsp3) is 0.591. The fourth-order valence-corrected chi connectivity index (χ4v) is 3.63. The van der Waals surface area contributed by atoms with Crippen LogP contribution in [0.1, 0.15) is 5.56 Å². The molecule has 1 aromatic rings. The summed E-state index contributed by atoms with van der Waals surface area (Å²) in [5.41, 5.74) is 6.16. The second kappa shape index (κ2) is 13.6. The number of urea groups is 1. The van der Waals surface area contributed by atoms with Crippen molar-refractivity contribution in [3.63, 3.8) is 0 Å². The van der Waals surface area contributed by atoms with Crippen LogP contribution in [-0.2, 0) is 25.7 Å². The fourth-order valence-electron chi connectivity index (χ4n) is 3.63. The van der Waals surface area contributed by atoms with Crippen molar-refractivity contribution in [2.75, 3.05) is 66.7 Å². The zero-order valence-corrected chi connectivity index (χ0v) is 19.4. The quantitative estimate of drug-likeness (QED) is 0.256. The topological polar surface area (TPSA) is 128 Å². The van der Waals surface area contributed by atoms with Crippen LogP contribution in [0.25, 0.3) is 0 Å². The van der Waals surface area contributed by atoms with E-state index in [1.807, 2.05) is 36.2 Å². The lowest BCUT2D eigenvalue weighted by Gasteiger charge is -2.52. The molecule has 2 saturated heterocycles. The molecule has 2 aliphatic rings. The Morgan fingerprint density at radius 2 is 2.03 bits per heavy atom. The number of likely N-dealkylation sites (tertiary alicyclic amines) is 2. The lowest BCUT2D eigenvalue weighted by molar-refractivity contribution is -0.133. The molecule has 0 bridgehead atoms. The number of benzene rings is 1. The number of nitrogens with zero attached hydrogens (tertiary/aromatic N) is 3. The van der Waals surface area contributed by atoms with Crippen molar-refractivity contribution in [3.05, 3.63) is 29.8 Å². The Morgan fingerprint density at radius 3 is 2.64 bits per heavy atom. The van der Waals surface area contributed by atoms with E-state index in [9.17, 15) is 9.59 Å². The van der Waals surface area contributed by atoms with E-state index in [0.717, 1.165) is 11.3 Å². The van der Waals surface area contributed by atoms with Gasteiger partial charge in [0.2, 0.25) is 0 Å². The van der Waals surface area contributed by atoms with E-state index >= 15 is 0 Å². The molecule has 184 valence electrons. The molecule has 0 saturated carbocycles. The number of nitrogens with two attached hydrogens (primary N) is 1. The summed E-state index contributed by atoms with van der Waals surface area (Å²) in [6.07, 6.45) is 0. The molecule has 2 fully saturated rings. The highest BCUT2D eigenvalue weighted by molar-refractivity contribution is 5.76. The van der Waals surface area contributed by atoms with Crippen molar-refractivity contribution in [2.45, 2.75) is 12.1 Å². The summed E-state index contributed by atoms with van der Waals surface area (Å²) in [6, 6.07) is 7.80. The second-order valence-corrected chi connectivity index (χ2v) is 7.92. The van der Waals surface area contributed by atoms with Crippen LogP contribution >= 0.6 is 0 Å². The van der Waals surface area contributed by atoms with Gasteiger partial charge in [0.25, 0.3) is 6.47 Å². The molecule has 0 spiro atoms. The summed E-state index contributed by atoms with van der Waals surface area (Å²) < 4.78 is 16.3. The van der Waals surface area contributed by atoms with Gasteiger partial charge in [0.05, 0.1) is 18.8 Å². The minimum atomic E-state index is -0.330. The lowest BCUT2D eigenvalue weighted by Crippen LogP contribution is -2.74. The first-order valence-electron chi connectivity index (χ1n) is 10.8. The Labute approximate surface area is 194 Å². The summed E-state index contributed by atoms with van der Waals surface area (Å²) in [5, 5.41) is 6.13. The lowest BCUT2D eigenvalue weighted by atomic mass is 9.90. The SMILES string of the molecule is C=NOC.CNC1(COC=O)CN(C(=O)N2CC(COCc3ccccc3OCCN)C2)C1. The number of rotatable bonds is 12. The van der Waals surface area contributed by atoms with Gasteiger partial charge in [0, 0.05) is 50.9 Å². The summed E-state index contributed by atoms with van der Waals surface area (Å²) in [6.45, 7) is 8.18. The smallest absolute Gasteiger partial charge is 0.320 e. The molecule has 0 radical (unpaired) electrons. The Kier molecular flexibility index (Phi) is 10.9. The van der Waals surface area contributed by atoms with E-state index in [-0.39, 0.29) is 18.2 Å². The van der Waals surface area contributed by atoms with Gasteiger partial charge in [0.1, 0.15) is 26.1 Å². The van der Waals surface area contributed by atoms with Crippen LogP contribution in [0.15, 0.2) is 29.4 Å². The maximum Gasteiger partial charge on any atom is 0.320 e. The maximum atomic E-state index is 12.5. The van der Waals surface area contributed by atoms with E-state index in [1.165, 1.54) is 7.11 Å². The van der Waals surface area contributed by atoms with Crippen molar-refractivity contribution in [1.29, 1.82) is 0 Å². The van der Waals surface area contributed by atoms with Crippen molar-refractivity contribution in [1.82, 2.24) is 15.1 Å². The Hall–Kier alpha value is -2.89. The first-order valence-corrected chi connectivity index (χ1v) is 10.8. The highest BCUT2D eigenvalue weighted by Gasteiger charge is 2.47. The molecule has 1 aromatic carbocycles. The molecule has 2 amide bonds. The third-order valence-electron chi connectivity index (χ3n) is 5.53. The van der Waals surface area contributed by atoms with Crippen LogP contribution in [0.4, 0.5) is 4.79 Å². The number of hydrogen-bond acceptors (Lipinski definition) is 9. The maximum absolute atomic E-state index is 12.5. The van der Waals surface area contributed by atoms with Gasteiger partial charge < -0.3 is 39.9 Å². The third-order valence-corrected chi connectivity index (χ3v) is 5.53. The monoisotopic (exact) mass is 465 g/mol. The first-order chi connectivity index (χ1) is 16.0. The Balaban J connectivity index is 0.000000890. The highest BCUT2D eigenvalue weighted by atomic mass is 16.6. The number of hydrogen-bond donors (Lipinski definition) is 2. The van der Waals surface area contributed by atoms with Crippen LogP contribution in [0, 0.1) is 5.92 Å². The van der Waals surface area contributed by atoms with Crippen molar-refractivity contribution < 1.29 is 28.6 Å². The van der Waals surface area contributed by atoms with Crippen LogP contribution in [0.2, 0.25) is 0 Å². The normalized spacial score (nSPS) is 16.5. The number of carbonyl (C=O) groups is 2. The number of amides is 2. The summed E-state index contributed by atoms with van der Waals surface area (Å²) in [4.78, 5) is 30.6. The number of likely N-dealkylation sites (N-methyl/N-ethyl adjacent to an activating group) is 1. The molecule has 3 rings (SSSR count). The third kappa shape index (κ3) is 7.58. The van der Waals surface area contributed by atoms with Gasteiger partial charge in [-0.1, -0.05) is 18.2 Å². The minimum absolute atomic E-state index is 0.0266. The molecule has 0 aliphatic carbocycles. The van der Waals surface area contributed by atoms with Crippen LogP contribution < -0.4 is 15.8 Å². The molecule has 33 heavy (non-hydrogen) atoms. The van der Waals surface area contributed by atoms with E-state index < -0.39 is 0 Å². The molecule has 11 heteroatoms. The summed E-state index contributed by atoms with van der Waals surface area (Å²) >= 11 is 0. The molecule has 0 aromatic heterocycles. The minimum Gasteiger partial charge on any atom is -0.492 e. The van der Waals surface area contributed by atoms with E-state index in [1.54, 1.807) is 4.90 Å². The van der Waals surface area contributed by atoms with E-state index in [0.29, 0.717) is 64.9 Å². The van der Waals surface area contributed by atoms with Gasteiger partial charge in [-0.2, -0.15) is 0 Å². The van der Waals surface area contributed by atoms with Crippen LogP contribution in [0.5, 0.6) is 5.75 Å². The molecular formula is C22H35N5O6. The molecule has 2 heterocycles. The molecular weight excluding hydrogens is 430 g/mol. The van der Waals surface area contributed by atoms with Gasteiger partial charge in [-0.15, -0.1) is 5.16 Å². The van der Waals surface area contributed by atoms with Crippen LogP contribution in [-0.4, -0.2) is 101 Å². The Morgan fingerprint density at radius 1 is 1.33 bits per heavy atom.